The molecule has 1 atom stereocenters. The van der Waals surface area contributed by atoms with Crippen LogP contribution in [0.1, 0.15) is 11.1 Å². The summed E-state index contributed by atoms with van der Waals surface area (Å²) in [4.78, 5) is 0.725. The van der Waals surface area contributed by atoms with Gasteiger partial charge >= 0.3 is 0 Å². The van der Waals surface area contributed by atoms with Crippen molar-refractivity contribution in [2.24, 2.45) is 0 Å². The molecule has 0 aliphatic heterocycles. The molecule has 0 bridgehead atoms. The first-order valence-electron chi connectivity index (χ1n) is 6.86. The smallest absolute Gasteiger partial charge is 0.0623 e. The number of nitrogen functional groups attached to an aromatic ring is 1. The van der Waals surface area contributed by atoms with Gasteiger partial charge < -0.3 is 5.73 Å². The molecule has 3 aromatic rings. The van der Waals surface area contributed by atoms with Gasteiger partial charge in [0.25, 0.3) is 0 Å². The summed E-state index contributed by atoms with van der Waals surface area (Å²) < 4.78 is 12.7. The van der Waals surface area contributed by atoms with E-state index >= 15 is 0 Å². The van der Waals surface area contributed by atoms with Gasteiger partial charge in [0.05, 0.1) is 21.4 Å². The second kappa shape index (κ2) is 5.70. The van der Waals surface area contributed by atoms with E-state index in [1.807, 2.05) is 49.4 Å². The minimum Gasteiger partial charge on any atom is -0.398 e. The monoisotopic (exact) mass is 295 g/mol. The highest BCUT2D eigenvalue weighted by Gasteiger charge is 2.11. The highest BCUT2D eigenvalue weighted by molar-refractivity contribution is 7.84. The van der Waals surface area contributed by atoms with Crippen molar-refractivity contribution in [3.63, 3.8) is 0 Å². The maximum absolute atomic E-state index is 12.7. The zero-order valence-electron chi connectivity index (χ0n) is 11.9. The van der Waals surface area contributed by atoms with E-state index in [0.717, 1.165) is 21.4 Å². The first-order valence-corrected chi connectivity index (χ1v) is 8.18. The molecule has 3 heteroatoms. The van der Waals surface area contributed by atoms with Crippen LogP contribution in [-0.2, 0) is 16.6 Å². The Morgan fingerprint density at radius 1 is 1.00 bits per heavy atom. The molecular formula is C18H17NOS. The Morgan fingerprint density at radius 2 is 1.76 bits per heavy atom. The summed E-state index contributed by atoms with van der Waals surface area (Å²) in [6.45, 7) is 1.98. The number of fused-ring (bicyclic) bond motifs is 1. The fraction of sp³-hybridized carbons (Fsp3) is 0.111. The molecule has 2 N–H and O–H groups in total. The third kappa shape index (κ3) is 2.83. The number of anilines is 1. The normalized spacial score (nSPS) is 12.4. The summed E-state index contributed by atoms with van der Waals surface area (Å²) in [5.41, 5.74) is 8.72. The first-order chi connectivity index (χ1) is 10.1. The number of hydrogen-bond acceptors (Lipinski definition) is 2. The van der Waals surface area contributed by atoms with Crippen LogP contribution in [0.3, 0.4) is 0 Å². The fourth-order valence-electron chi connectivity index (χ4n) is 2.48. The average molecular weight is 295 g/mol. The molecule has 0 amide bonds. The van der Waals surface area contributed by atoms with Gasteiger partial charge in [-0.1, -0.05) is 48.5 Å². The lowest BCUT2D eigenvalue weighted by Crippen LogP contribution is -2.02. The zero-order chi connectivity index (χ0) is 14.8. The van der Waals surface area contributed by atoms with E-state index in [9.17, 15) is 4.21 Å². The lowest BCUT2D eigenvalue weighted by Gasteiger charge is -2.09. The van der Waals surface area contributed by atoms with Crippen molar-refractivity contribution >= 4 is 27.3 Å². The van der Waals surface area contributed by atoms with Crippen LogP contribution in [0.25, 0.3) is 10.8 Å². The lowest BCUT2D eigenvalue weighted by molar-refractivity contribution is 0.683. The second-order valence-corrected chi connectivity index (χ2v) is 6.59. The van der Waals surface area contributed by atoms with Crippen molar-refractivity contribution in [3.8, 4) is 0 Å². The molecule has 1 unspecified atom stereocenters. The number of nitrogens with two attached hydrogens (primary N) is 1. The molecule has 3 rings (SSSR count). The summed E-state index contributed by atoms with van der Waals surface area (Å²) in [5.74, 6) is 0.481. The molecule has 2 nitrogen and oxygen atoms in total. The molecular weight excluding hydrogens is 278 g/mol. The predicted octanol–water partition coefficient (Wildman–Crippen LogP) is 4.04. The maximum atomic E-state index is 12.7. The van der Waals surface area contributed by atoms with Crippen molar-refractivity contribution in [3.05, 3.63) is 71.8 Å². The van der Waals surface area contributed by atoms with Gasteiger partial charge in [-0.15, -0.1) is 0 Å². The van der Waals surface area contributed by atoms with Crippen molar-refractivity contribution in [1.82, 2.24) is 0 Å². The van der Waals surface area contributed by atoms with Gasteiger partial charge in [0, 0.05) is 5.69 Å². The van der Waals surface area contributed by atoms with E-state index < -0.39 is 10.8 Å². The molecule has 21 heavy (non-hydrogen) atoms. The van der Waals surface area contributed by atoms with Crippen LogP contribution in [0.2, 0.25) is 0 Å². The molecule has 3 aromatic carbocycles. The Kier molecular flexibility index (Phi) is 3.76. The standard InChI is InChI=1S/C18H17NOS/c1-13-9-10-17(19)18(11-13)21(20)12-15-7-4-6-14-5-2-3-8-16(14)15/h2-11H,12,19H2,1H3. The highest BCUT2D eigenvalue weighted by Crippen LogP contribution is 2.24. The van der Waals surface area contributed by atoms with E-state index in [2.05, 4.69) is 18.2 Å². The summed E-state index contributed by atoms with van der Waals surface area (Å²) in [6, 6.07) is 20.0. The van der Waals surface area contributed by atoms with Crippen molar-refractivity contribution in [2.45, 2.75) is 17.6 Å². The zero-order valence-corrected chi connectivity index (χ0v) is 12.7. The molecule has 0 aliphatic rings. The average Bonchev–Trinajstić information content (AvgIpc) is 2.50. The van der Waals surface area contributed by atoms with Crippen molar-refractivity contribution in [2.75, 3.05) is 5.73 Å². The van der Waals surface area contributed by atoms with Gasteiger partial charge in [-0.2, -0.15) is 0 Å². The molecule has 106 valence electrons. The number of aryl methyl sites for hydroxylation is 1. The predicted molar refractivity (Wildman–Crippen MR) is 89.7 cm³/mol. The fourth-order valence-corrected chi connectivity index (χ4v) is 3.81. The van der Waals surface area contributed by atoms with E-state index in [4.69, 9.17) is 5.73 Å². The number of benzene rings is 3. The Bertz CT molecular complexity index is 821. The van der Waals surface area contributed by atoms with Crippen molar-refractivity contribution < 1.29 is 4.21 Å². The number of hydrogen-bond donors (Lipinski definition) is 1. The van der Waals surface area contributed by atoms with E-state index in [1.165, 1.54) is 5.39 Å². The number of rotatable bonds is 3. The van der Waals surface area contributed by atoms with Crippen LogP contribution in [0.4, 0.5) is 5.69 Å². The summed E-state index contributed by atoms with van der Waals surface area (Å²) in [7, 11) is -1.14. The molecule has 0 aliphatic carbocycles. The highest BCUT2D eigenvalue weighted by atomic mass is 32.2. The van der Waals surface area contributed by atoms with Gasteiger partial charge in [-0.05, 0) is 41.0 Å². The van der Waals surface area contributed by atoms with Crippen LogP contribution in [0.5, 0.6) is 0 Å². The molecule has 0 saturated carbocycles. The topological polar surface area (TPSA) is 43.1 Å². The van der Waals surface area contributed by atoms with Gasteiger partial charge in [0.1, 0.15) is 0 Å². The van der Waals surface area contributed by atoms with Crippen LogP contribution in [-0.4, -0.2) is 4.21 Å². The van der Waals surface area contributed by atoms with Crippen LogP contribution < -0.4 is 5.73 Å². The Balaban J connectivity index is 1.99. The van der Waals surface area contributed by atoms with Crippen LogP contribution >= 0.6 is 0 Å². The Hall–Kier alpha value is -2.13. The third-order valence-electron chi connectivity index (χ3n) is 3.58. The maximum Gasteiger partial charge on any atom is 0.0623 e. The SMILES string of the molecule is Cc1ccc(N)c(S(=O)Cc2cccc3ccccc23)c1. The molecule has 0 spiro atoms. The molecule has 0 heterocycles. The van der Waals surface area contributed by atoms with E-state index in [-0.39, 0.29) is 0 Å². The Morgan fingerprint density at radius 3 is 2.62 bits per heavy atom. The van der Waals surface area contributed by atoms with Gasteiger partial charge in [0.2, 0.25) is 0 Å². The Labute approximate surface area is 127 Å². The summed E-state index contributed by atoms with van der Waals surface area (Å²) in [5, 5.41) is 2.32. The first kappa shape index (κ1) is 13.8. The molecule has 0 fully saturated rings. The van der Waals surface area contributed by atoms with Gasteiger partial charge in [-0.25, -0.2) is 0 Å². The largest absolute Gasteiger partial charge is 0.398 e. The lowest BCUT2D eigenvalue weighted by atomic mass is 10.1. The molecule has 0 aromatic heterocycles. The quantitative estimate of drug-likeness (QED) is 0.741. The van der Waals surface area contributed by atoms with Crippen LogP contribution in [0.15, 0.2) is 65.6 Å². The van der Waals surface area contributed by atoms with E-state index in [1.54, 1.807) is 0 Å². The minimum atomic E-state index is -1.14. The second-order valence-electron chi connectivity index (χ2n) is 5.17. The van der Waals surface area contributed by atoms with Crippen molar-refractivity contribution in [1.29, 1.82) is 0 Å². The molecule has 0 saturated heterocycles. The minimum absolute atomic E-state index is 0.481. The summed E-state index contributed by atoms with van der Waals surface area (Å²) in [6.07, 6.45) is 0. The van der Waals surface area contributed by atoms with Crippen LogP contribution in [0, 0.1) is 6.92 Å². The van der Waals surface area contributed by atoms with Gasteiger partial charge in [0.15, 0.2) is 0 Å². The van der Waals surface area contributed by atoms with E-state index in [0.29, 0.717) is 11.4 Å². The third-order valence-corrected chi connectivity index (χ3v) is 5.00. The van der Waals surface area contributed by atoms with Gasteiger partial charge in [-0.3, -0.25) is 4.21 Å². The molecule has 0 radical (unpaired) electrons. The summed E-state index contributed by atoms with van der Waals surface area (Å²) >= 11 is 0.